The van der Waals surface area contributed by atoms with Gasteiger partial charge in [0.15, 0.2) is 11.0 Å². The Hall–Kier alpha value is -6.33. The molecule has 0 fully saturated rings. The van der Waals surface area contributed by atoms with Crippen LogP contribution in [0.25, 0.3) is 49.5 Å². The van der Waals surface area contributed by atoms with Crippen LogP contribution < -0.4 is 30.6 Å². The Labute approximate surface area is 384 Å². The minimum absolute atomic E-state index is 0.00401. The molecule has 12 rings (SSSR count). The number of hydrogen-bond acceptors (Lipinski definition) is 2. The number of imidazole rings is 1. The van der Waals surface area contributed by atoms with Crippen LogP contribution in [0.15, 0.2) is 121 Å². The van der Waals surface area contributed by atoms with Gasteiger partial charge in [-0.15, -0.1) is 0 Å². The van der Waals surface area contributed by atoms with Crippen molar-refractivity contribution in [2.45, 2.75) is 105 Å². The van der Waals surface area contributed by atoms with Gasteiger partial charge in [0, 0.05) is 27.6 Å². The normalized spacial score (nSPS) is 15.0. The molecule has 0 unspecified atom stereocenters. The number of fused-ring (bicyclic) bond motifs is 14. The zero-order chi connectivity index (χ0) is 45.4. The zero-order valence-electron chi connectivity index (χ0n) is 40.4. The van der Waals surface area contributed by atoms with Gasteiger partial charge in [-0.3, -0.25) is 0 Å². The molecule has 5 heterocycles. The Balaban J connectivity index is 1.19. The second-order valence-corrected chi connectivity index (χ2v) is 23.0. The summed E-state index contributed by atoms with van der Waals surface area (Å²) in [5, 5.41) is 3.81. The van der Waals surface area contributed by atoms with Crippen molar-refractivity contribution >= 4 is 78.5 Å². The van der Waals surface area contributed by atoms with E-state index in [4.69, 9.17) is 4.74 Å². The topological polar surface area (TPSA) is 20.8 Å². The van der Waals surface area contributed by atoms with Crippen molar-refractivity contribution in [3.63, 3.8) is 0 Å². The highest BCUT2D eigenvalue weighted by Crippen LogP contribution is 2.55. The van der Waals surface area contributed by atoms with E-state index in [1.807, 2.05) is 0 Å². The van der Waals surface area contributed by atoms with E-state index in [-0.39, 0.29) is 28.4 Å². The summed E-state index contributed by atoms with van der Waals surface area (Å²) in [6.07, 6.45) is 0. The van der Waals surface area contributed by atoms with Gasteiger partial charge in [0.2, 0.25) is 0 Å². The summed E-state index contributed by atoms with van der Waals surface area (Å²) in [4.78, 5) is 2.62. The van der Waals surface area contributed by atoms with E-state index in [0.717, 1.165) is 22.6 Å². The van der Waals surface area contributed by atoms with E-state index >= 15 is 0 Å². The summed E-state index contributed by atoms with van der Waals surface area (Å²) in [7, 11) is 2.21. The maximum absolute atomic E-state index is 7.25. The Morgan fingerprint density at radius 3 is 2.02 bits per heavy atom. The average molecular weight is 849 g/mol. The predicted molar refractivity (Wildman–Crippen MR) is 275 cm³/mol. The number of aryl methyl sites for hydroxylation is 2. The van der Waals surface area contributed by atoms with Crippen LogP contribution in [-0.2, 0) is 28.7 Å². The van der Waals surface area contributed by atoms with Gasteiger partial charge in [-0.1, -0.05) is 149 Å². The lowest BCUT2D eigenvalue weighted by Crippen LogP contribution is -2.61. The molecular formula is C60H59BN3O+. The van der Waals surface area contributed by atoms with Crippen molar-refractivity contribution in [2.24, 2.45) is 7.05 Å². The zero-order valence-corrected chi connectivity index (χ0v) is 40.4. The van der Waals surface area contributed by atoms with Gasteiger partial charge < -0.3 is 9.64 Å². The van der Waals surface area contributed by atoms with Crippen LogP contribution >= 0.6 is 0 Å². The fraction of sp³-hybridized carbons (Fsp3) is 0.283. The SMILES string of the molecule is Cc1cccc2c3ccc(-c4cc5c6c(c4)N4c7ccc(C(C)(C)C)cc7C(C)(C)c7cc(C(C)(C)C)cc(c74)B6c4cc(C(C)(C)C)ccc4O5)cc3n3c4ccccc4[n+](C)c3c12. The molecule has 0 N–H and O–H groups in total. The highest BCUT2D eigenvalue weighted by Gasteiger charge is 2.49. The van der Waals surface area contributed by atoms with Crippen molar-refractivity contribution in [2.75, 3.05) is 4.90 Å². The first-order valence-corrected chi connectivity index (χ1v) is 23.6. The van der Waals surface area contributed by atoms with Gasteiger partial charge in [0.05, 0.1) is 18.1 Å². The lowest BCUT2D eigenvalue weighted by molar-refractivity contribution is -0.617. The minimum Gasteiger partial charge on any atom is -0.458 e. The summed E-state index contributed by atoms with van der Waals surface area (Å²) in [5.74, 6) is 1.88. The molecule has 9 aromatic rings. The number of rotatable bonds is 1. The largest absolute Gasteiger partial charge is 0.458 e. The van der Waals surface area contributed by atoms with Crippen LogP contribution in [0, 0.1) is 6.92 Å². The van der Waals surface area contributed by atoms with Crippen LogP contribution in [-0.4, -0.2) is 11.1 Å². The van der Waals surface area contributed by atoms with E-state index in [0.29, 0.717) is 0 Å². The first kappa shape index (κ1) is 40.2. The summed E-state index contributed by atoms with van der Waals surface area (Å²) in [6.45, 7) is 28.2. The van der Waals surface area contributed by atoms with E-state index in [9.17, 15) is 0 Å². The van der Waals surface area contributed by atoms with Gasteiger partial charge in [-0.25, -0.2) is 4.57 Å². The van der Waals surface area contributed by atoms with Crippen molar-refractivity contribution in [3.05, 3.63) is 155 Å². The van der Waals surface area contributed by atoms with Crippen LogP contribution in [0.2, 0.25) is 0 Å². The maximum atomic E-state index is 7.25. The molecule has 3 aliphatic rings. The van der Waals surface area contributed by atoms with Crippen molar-refractivity contribution in [1.29, 1.82) is 0 Å². The molecule has 0 aliphatic carbocycles. The molecule has 4 nitrogen and oxygen atoms in total. The fourth-order valence-corrected chi connectivity index (χ4v) is 11.7. The molecule has 0 spiro atoms. The van der Waals surface area contributed by atoms with Crippen LogP contribution in [0.3, 0.4) is 0 Å². The van der Waals surface area contributed by atoms with E-state index < -0.39 is 0 Å². The summed E-state index contributed by atoms with van der Waals surface area (Å²) in [5.41, 5.74) is 22.5. The second-order valence-electron chi connectivity index (χ2n) is 23.0. The molecular weight excluding hydrogens is 789 g/mol. The van der Waals surface area contributed by atoms with Gasteiger partial charge in [0.1, 0.15) is 17.0 Å². The predicted octanol–water partition coefficient (Wildman–Crippen LogP) is 13.1. The number of pyridine rings is 1. The lowest BCUT2D eigenvalue weighted by atomic mass is 9.33. The van der Waals surface area contributed by atoms with Gasteiger partial charge in [-0.05, 0) is 133 Å². The number of nitrogens with zero attached hydrogens (tertiary/aromatic N) is 3. The first-order chi connectivity index (χ1) is 30.7. The number of benzene rings is 7. The molecule has 0 bridgehead atoms. The molecule has 0 saturated carbocycles. The molecule has 5 heteroatoms. The molecule has 0 saturated heterocycles. The fourth-order valence-electron chi connectivity index (χ4n) is 11.7. The number of aromatic nitrogens is 2. The Morgan fingerprint density at radius 1 is 0.569 bits per heavy atom. The monoisotopic (exact) mass is 848 g/mol. The Morgan fingerprint density at radius 2 is 1.26 bits per heavy atom. The van der Waals surface area contributed by atoms with E-state index in [2.05, 4.69) is 225 Å². The number of hydrogen-bond donors (Lipinski definition) is 0. The molecule has 0 atom stereocenters. The van der Waals surface area contributed by atoms with Crippen LogP contribution in [0.4, 0.5) is 17.1 Å². The van der Waals surface area contributed by atoms with Crippen LogP contribution in [0.5, 0.6) is 11.5 Å². The van der Waals surface area contributed by atoms with Crippen LogP contribution in [0.1, 0.15) is 110 Å². The molecule has 322 valence electrons. The Bertz CT molecular complexity index is 3590. The molecule has 2 aromatic heterocycles. The maximum Gasteiger partial charge on any atom is 0.295 e. The summed E-state index contributed by atoms with van der Waals surface area (Å²) >= 11 is 0. The summed E-state index contributed by atoms with van der Waals surface area (Å²) in [6, 6.07) is 46.8. The quantitative estimate of drug-likeness (QED) is 0.0932. The van der Waals surface area contributed by atoms with Crippen molar-refractivity contribution < 1.29 is 9.30 Å². The average Bonchev–Trinajstić information content (AvgIpc) is 3.55. The Kier molecular flexibility index (Phi) is 8.00. The number of ether oxygens (including phenoxy) is 1. The highest BCUT2D eigenvalue weighted by molar-refractivity contribution is 6.99. The number of anilines is 3. The lowest BCUT2D eigenvalue weighted by Gasteiger charge is -2.49. The minimum atomic E-state index is -0.252. The highest BCUT2D eigenvalue weighted by atomic mass is 16.5. The first-order valence-electron chi connectivity index (χ1n) is 23.6. The van der Waals surface area contributed by atoms with E-state index in [1.54, 1.807) is 0 Å². The molecule has 7 aromatic carbocycles. The molecule has 65 heavy (non-hydrogen) atoms. The standard InChI is InChI=1S/C60H59BN3O/c1-34-17-16-18-41-40-24-21-35(27-49(40)64-48-20-15-14-19-47(48)62(13)56(64)53(34)41)36-28-50-54-52(29-36)65-51-26-23-38(58(5,6)7)32-44(51)61(54)45-33-39(59(8,9)10)31-43-55(45)63(50)46-25-22-37(57(2,3)4)30-42(46)60(43,11)12/h14-33H,1-13H3/q+1. The third kappa shape index (κ3) is 5.54. The third-order valence-electron chi connectivity index (χ3n) is 15.4. The summed E-state index contributed by atoms with van der Waals surface area (Å²) < 4.78 is 12.1. The molecule has 3 aliphatic heterocycles. The smallest absolute Gasteiger partial charge is 0.295 e. The van der Waals surface area contributed by atoms with Gasteiger partial charge in [0.25, 0.3) is 12.4 Å². The second kappa shape index (κ2) is 12.9. The van der Waals surface area contributed by atoms with Crippen molar-refractivity contribution in [3.8, 4) is 22.6 Å². The number of para-hydroxylation sites is 2. The molecule has 0 amide bonds. The van der Waals surface area contributed by atoms with Gasteiger partial charge in [-0.2, -0.15) is 4.40 Å². The third-order valence-corrected chi connectivity index (χ3v) is 15.4. The van der Waals surface area contributed by atoms with Crippen molar-refractivity contribution in [1.82, 2.24) is 4.40 Å². The van der Waals surface area contributed by atoms with E-state index in [1.165, 1.54) is 105 Å². The van der Waals surface area contributed by atoms with Gasteiger partial charge >= 0.3 is 0 Å². The molecule has 0 radical (unpaired) electrons.